The number of hydrogen-bond acceptors (Lipinski definition) is 7. The summed E-state index contributed by atoms with van der Waals surface area (Å²) in [6, 6.07) is 11.4. The molecule has 2 aromatic carbocycles. The van der Waals surface area contributed by atoms with E-state index in [1.807, 2.05) is 0 Å². The van der Waals surface area contributed by atoms with Gasteiger partial charge in [0, 0.05) is 6.07 Å². The highest BCUT2D eigenvalue weighted by Crippen LogP contribution is 2.21. The van der Waals surface area contributed by atoms with Gasteiger partial charge in [0.25, 0.3) is 15.9 Å². The van der Waals surface area contributed by atoms with Gasteiger partial charge in [0.2, 0.25) is 0 Å². The molecule has 0 saturated heterocycles. The van der Waals surface area contributed by atoms with Crippen molar-refractivity contribution in [2.45, 2.75) is 11.8 Å². The maximum absolute atomic E-state index is 13.0. The van der Waals surface area contributed by atoms with E-state index in [4.69, 9.17) is 9.26 Å². The lowest BCUT2D eigenvalue weighted by molar-refractivity contribution is -0.119. The van der Waals surface area contributed by atoms with Gasteiger partial charge in [0.15, 0.2) is 12.4 Å². The average Bonchev–Trinajstić information content (AvgIpc) is 3.11. The molecule has 3 aromatic rings. The number of rotatable bonds is 7. The summed E-state index contributed by atoms with van der Waals surface area (Å²) in [4.78, 5) is 24.1. The second kappa shape index (κ2) is 8.74. The van der Waals surface area contributed by atoms with E-state index in [2.05, 4.69) is 15.2 Å². The number of aryl methyl sites for hydroxylation is 1. The summed E-state index contributed by atoms with van der Waals surface area (Å²) < 4.78 is 50.0. The number of amides is 1. The number of hydrogen-bond donors (Lipinski definition) is 2. The van der Waals surface area contributed by atoms with Gasteiger partial charge in [-0.25, -0.2) is 17.6 Å². The number of carbonyl (C=O) groups excluding carboxylic acids is 2. The van der Waals surface area contributed by atoms with Gasteiger partial charge in [-0.2, -0.15) is 0 Å². The molecule has 0 unspecified atom stereocenters. The van der Waals surface area contributed by atoms with Gasteiger partial charge in [-0.05, 0) is 43.3 Å². The summed E-state index contributed by atoms with van der Waals surface area (Å²) in [5, 5.41) is 5.97. The van der Waals surface area contributed by atoms with Crippen molar-refractivity contribution < 1.29 is 31.7 Å². The molecule has 0 spiro atoms. The molecule has 3 rings (SSSR count). The summed E-state index contributed by atoms with van der Waals surface area (Å²) >= 11 is 0. The second-order valence-corrected chi connectivity index (χ2v) is 7.73. The number of ether oxygens (including phenoxy) is 1. The summed E-state index contributed by atoms with van der Waals surface area (Å²) in [5.41, 5.74) is -0.160. The van der Waals surface area contributed by atoms with Gasteiger partial charge in [-0.15, -0.1) is 0 Å². The van der Waals surface area contributed by atoms with Gasteiger partial charge in [-0.1, -0.05) is 17.3 Å². The lowest BCUT2D eigenvalue weighted by Crippen LogP contribution is -2.22. The molecule has 0 fully saturated rings. The fourth-order valence-corrected chi connectivity index (χ4v) is 3.46. The molecular weight excluding hydrogens is 417 g/mol. The molecule has 0 aliphatic rings. The fourth-order valence-electron chi connectivity index (χ4n) is 2.38. The summed E-state index contributed by atoms with van der Waals surface area (Å²) in [6.07, 6.45) is 0. The summed E-state index contributed by atoms with van der Waals surface area (Å²) in [7, 11) is -4.08. The third-order valence-electron chi connectivity index (χ3n) is 3.75. The summed E-state index contributed by atoms with van der Waals surface area (Å²) in [6.45, 7) is 1.02. The highest BCUT2D eigenvalue weighted by Gasteiger charge is 2.20. The van der Waals surface area contributed by atoms with Crippen LogP contribution in [-0.2, 0) is 19.6 Å². The number of sulfonamides is 1. The molecule has 1 amide bonds. The minimum Gasteiger partial charge on any atom is -0.452 e. The first kappa shape index (κ1) is 21.0. The standard InChI is InChI=1S/C19H16FN3O6S/c1-12-10-17(22-29-12)21-18(24)11-28-19(25)15-4-2-3-5-16(15)23-30(26,27)14-8-6-13(20)7-9-14/h2-10,23H,11H2,1H3,(H,21,22,24). The Morgan fingerprint density at radius 2 is 1.83 bits per heavy atom. The van der Waals surface area contributed by atoms with Crippen LogP contribution in [0.5, 0.6) is 0 Å². The Kier molecular flexibility index (Phi) is 6.11. The van der Waals surface area contributed by atoms with Crippen molar-refractivity contribution in [2.24, 2.45) is 0 Å². The number of para-hydroxylation sites is 1. The van der Waals surface area contributed by atoms with Crippen LogP contribution in [0.15, 0.2) is 64.0 Å². The summed E-state index contributed by atoms with van der Waals surface area (Å²) in [5.74, 6) is -1.50. The predicted molar refractivity (Wildman–Crippen MR) is 104 cm³/mol. The Morgan fingerprint density at radius 3 is 2.50 bits per heavy atom. The number of nitrogens with zero attached hydrogens (tertiary/aromatic N) is 1. The molecule has 1 aromatic heterocycles. The Morgan fingerprint density at radius 1 is 1.13 bits per heavy atom. The number of anilines is 2. The van der Waals surface area contributed by atoms with E-state index in [-0.39, 0.29) is 22.0 Å². The molecule has 9 nitrogen and oxygen atoms in total. The van der Waals surface area contributed by atoms with Crippen molar-refractivity contribution in [3.05, 3.63) is 71.7 Å². The van der Waals surface area contributed by atoms with Crippen LogP contribution < -0.4 is 10.0 Å². The number of halogens is 1. The first-order valence-electron chi connectivity index (χ1n) is 8.52. The molecule has 1 heterocycles. The Hall–Kier alpha value is -3.73. The largest absolute Gasteiger partial charge is 0.452 e. The minimum absolute atomic E-state index is 0.0561. The zero-order valence-electron chi connectivity index (χ0n) is 15.6. The molecule has 11 heteroatoms. The van der Waals surface area contributed by atoms with Crippen molar-refractivity contribution in [1.82, 2.24) is 5.16 Å². The van der Waals surface area contributed by atoms with Crippen molar-refractivity contribution in [2.75, 3.05) is 16.6 Å². The monoisotopic (exact) mass is 433 g/mol. The molecule has 0 atom stereocenters. The van der Waals surface area contributed by atoms with Gasteiger partial charge in [-0.3, -0.25) is 9.52 Å². The number of aromatic nitrogens is 1. The van der Waals surface area contributed by atoms with E-state index in [0.29, 0.717) is 5.76 Å². The predicted octanol–water partition coefficient (Wildman–Crippen LogP) is 2.72. The van der Waals surface area contributed by atoms with E-state index in [1.54, 1.807) is 6.92 Å². The van der Waals surface area contributed by atoms with Crippen LogP contribution in [0.1, 0.15) is 16.1 Å². The first-order valence-corrected chi connectivity index (χ1v) is 10.0. The van der Waals surface area contributed by atoms with Gasteiger partial charge < -0.3 is 14.6 Å². The average molecular weight is 433 g/mol. The molecule has 0 aliphatic carbocycles. The van der Waals surface area contributed by atoms with Crippen LogP contribution >= 0.6 is 0 Å². The Bertz CT molecular complexity index is 1170. The third kappa shape index (κ3) is 5.20. The number of nitrogens with one attached hydrogen (secondary N) is 2. The van der Waals surface area contributed by atoms with Crippen LogP contribution in [0.3, 0.4) is 0 Å². The quantitative estimate of drug-likeness (QED) is 0.548. The van der Waals surface area contributed by atoms with Crippen LogP contribution in [0.25, 0.3) is 0 Å². The van der Waals surface area contributed by atoms with Crippen molar-refractivity contribution in [1.29, 1.82) is 0 Å². The lowest BCUT2D eigenvalue weighted by atomic mass is 10.2. The minimum atomic E-state index is -4.08. The van der Waals surface area contributed by atoms with Crippen molar-refractivity contribution in [3.8, 4) is 0 Å². The van der Waals surface area contributed by atoms with Crippen LogP contribution in [-0.4, -0.2) is 32.1 Å². The Balaban J connectivity index is 1.68. The van der Waals surface area contributed by atoms with Gasteiger partial charge in [0.1, 0.15) is 11.6 Å². The molecule has 0 aliphatic heterocycles. The Labute approximate surface area is 170 Å². The maximum Gasteiger partial charge on any atom is 0.340 e. The number of benzene rings is 2. The van der Waals surface area contributed by atoms with E-state index in [1.165, 1.54) is 30.3 Å². The van der Waals surface area contributed by atoms with Crippen molar-refractivity contribution in [3.63, 3.8) is 0 Å². The normalized spacial score (nSPS) is 11.0. The SMILES string of the molecule is Cc1cc(NC(=O)COC(=O)c2ccccc2NS(=O)(=O)c2ccc(F)cc2)no1. The van der Waals surface area contributed by atoms with Crippen LogP contribution in [0.4, 0.5) is 15.9 Å². The van der Waals surface area contributed by atoms with Gasteiger partial charge in [0.05, 0.1) is 16.1 Å². The molecule has 30 heavy (non-hydrogen) atoms. The first-order chi connectivity index (χ1) is 14.2. The highest BCUT2D eigenvalue weighted by molar-refractivity contribution is 7.92. The smallest absolute Gasteiger partial charge is 0.340 e. The molecule has 0 bridgehead atoms. The zero-order valence-corrected chi connectivity index (χ0v) is 16.4. The lowest BCUT2D eigenvalue weighted by Gasteiger charge is -2.12. The number of carbonyl (C=O) groups is 2. The van der Waals surface area contributed by atoms with E-state index >= 15 is 0 Å². The molecule has 2 N–H and O–H groups in total. The van der Waals surface area contributed by atoms with E-state index < -0.39 is 34.3 Å². The topological polar surface area (TPSA) is 128 Å². The van der Waals surface area contributed by atoms with E-state index in [0.717, 1.165) is 24.3 Å². The fraction of sp³-hybridized carbons (Fsp3) is 0.105. The zero-order chi connectivity index (χ0) is 21.7. The highest BCUT2D eigenvalue weighted by atomic mass is 32.2. The molecule has 0 radical (unpaired) electrons. The third-order valence-corrected chi connectivity index (χ3v) is 5.13. The molecule has 156 valence electrons. The molecular formula is C19H16FN3O6S. The van der Waals surface area contributed by atoms with Crippen LogP contribution in [0, 0.1) is 12.7 Å². The molecule has 0 saturated carbocycles. The van der Waals surface area contributed by atoms with Crippen LogP contribution in [0.2, 0.25) is 0 Å². The van der Waals surface area contributed by atoms with E-state index in [9.17, 15) is 22.4 Å². The number of esters is 1. The maximum atomic E-state index is 13.0. The second-order valence-electron chi connectivity index (χ2n) is 6.05. The van der Waals surface area contributed by atoms with Crippen molar-refractivity contribution >= 4 is 33.4 Å². The van der Waals surface area contributed by atoms with Gasteiger partial charge >= 0.3 is 5.97 Å².